The molecule has 1 atom stereocenters. The van der Waals surface area contributed by atoms with Gasteiger partial charge in [0, 0.05) is 37.7 Å². The van der Waals surface area contributed by atoms with E-state index in [0.29, 0.717) is 31.7 Å². The first-order chi connectivity index (χ1) is 12.7. The van der Waals surface area contributed by atoms with Crippen molar-refractivity contribution in [3.05, 3.63) is 42.1 Å². The smallest absolute Gasteiger partial charge is 0.272 e. The van der Waals surface area contributed by atoms with Gasteiger partial charge in [-0.25, -0.2) is 0 Å². The summed E-state index contributed by atoms with van der Waals surface area (Å²) in [6.07, 6.45) is 3.22. The number of aromatic amines is 1. The Morgan fingerprint density at radius 2 is 2.04 bits per heavy atom. The fraction of sp³-hybridized carbons (Fsp3) is 0.421. The number of H-pyrrole nitrogens is 1. The number of nitrogens with zero attached hydrogens (tertiary/aromatic N) is 2. The average molecular weight is 392 g/mol. The number of benzene rings is 1. The minimum atomic E-state index is -0.0718. The molecule has 8 heteroatoms. The molecule has 27 heavy (non-hydrogen) atoms. The predicted molar refractivity (Wildman–Crippen MR) is 107 cm³/mol. The van der Waals surface area contributed by atoms with Crippen LogP contribution in [-0.2, 0) is 4.79 Å². The van der Waals surface area contributed by atoms with Crippen LogP contribution in [0.15, 0.2) is 36.4 Å². The van der Waals surface area contributed by atoms with Gasteiger partial charge in [-0.15, -0.1) is 12.4 Å². The maximum Gasteiger partial charge on any atom is 0.272 e. The van der Waals surface area contributed by atoms with E-state index in [4.69, 9.17) is 5.73 Å². The number of rotatable bonds is 6. The van der Waals surface area contributed by atoms with Crippen LogP contribution in [0.1, 0.15) is 36.2 Å². The number of hydrogen-bond donors (Lipinski definition) is 3. The molecule has 146 valence electrons. The van der Waals surface area contributed by atoms with Gasteiger partial charge in [0.05, 0.1) is 5.69 Å². The number of aromatic nitrogens is 2. The van der Waals surface area contributed by atoms with Crippen molar-refractivity contribution in [3.63, 3.8) is 0 Å². The van der Waals surface area contributed by atoms with Crippen LogP contribution < -0.4 is 11.1 Å². The highest BCUT2D eigenvalue weighted by atomic mass is 35.5. The normalized spacial score (nSPS) is 16.5. The summed E-state index contributed by atoms with van der Waals surface area (Å²) in [4.78, 5) is 26.5. The number of piperidine rings is 1. The largest absolute Gasteiger partial charge is 0.354 e. The van der Waals surface area contributed by atoms with E-state index in [1.54, 1.807) is 6.07 Å². The van der Waals surface area contributed by atoms with Crippen molar-refractivity contribution < 1.29 is 9.59 Å². The third-order valence-corrected chi connectivity index (χ3v) is 4.67. The lowest BCUT2D eigenvalue weighted by Gasteiger charge is -2.35. The van der Waals surface area contributed by atoms with Gasteiger partial charge in [-0.2, -0.15) is 5.10 Å². The van der Waals surface area contributed by atoms with E-state index in [1.807, 2.05) is 35.2 Å². The lowest BCUT2D eigenvalue weighted by Crippen LogP contribution is -2.49. The number of amides is 2. The SMILES string of the molecule is Cl.NCCC(=O)NCC1CCCCN1C(=O)c1cc(-c2ccccc2)n[nH]1. The zero-order chi connectivity index (χ0) is 18.4. The molecular formula is C19H26ClN5O2. The molecule has 1 aromatic heterocycles. The van der Waals surface area contributed by atoms with E-state index < -0.39 is 0 Å². The summed E-state index contributed by atoms with van der Waals surface area (Å²) in [5.41, 5.74) is 7.59. The van der Waals surface area contributed by atoms with E-state index in [0.717, 1.165) is 30.5 Å². The Bertz CT molecular complexity index is 750. The van der Waals surface area contributed by atoms with Gasteiger partial charge < -0.3 is 16.0 Å². The van der Waals surface area contributed by atoms with E-state index in [1.165, 1.54) is 0 Å². The van der Waals surface area contributed by atoms with Crippen LogP contribution in [0.2, 0.25) is 0 Å². The fourth-order valence-corrected chi connectivity index (χ4v) is 3.27. The van der Waals surface area contributed by atoms with Crippen molar-refractivity contribution >= 4 is 24.2 Å². The van der Waals surface area contributed by atoms with Gasteiger partial charge in [-0.05, 0) is 25.3 Å². The summed E-state index contributed by atoms with van der Waals surface area (Å²) >= 11 is 0. The first-order valence-electron chi connectivity index (χ1n) is 9.07. The van der Waals surface area contributed by atoms with Crippen molar-refractivity contribution in [2.75, 3.05) is 19.6 Å². The molecule has 1 aliphatic rings. The van der Waals surface area contributed by atoms with Crippen molar-refractivity contribution in [1.82, 2.24) is 20.4 Å². The molecule has 0 spiro atoms. The summed E-state index contributed by atoms with van der Waals surface area (Å²) in [7, 11) is 0. The molecule has 2 amide bonds. The minimum Gasteiger partial charge on any atom is -0.354 e. The molecule has 3 rings (SSSR count). The van der Waals surface area contributed by atoms with Crippen molar-refractivity contribution in [2.24, 2.45) is 5.73 Å². The van der Waals surface area contributed by atoms with E-state index in [2.05, 4.69) is 15.5 Å². The van der Waals surface area contributed by atoms with Crippen molar-refractivity contribution in [2.45, 2.75) is 31.7 Å². The molecule has 1 aliphatic heterocycles. The maximum atomic E-state index is 12.9. The van der Waals surface area contributed by atoms with Gasteiger partial charge in [-0.1, -0.05) is 30.3 Å². The van der Waals surface area contributed by atoms with Gasteiger partial charge in [0.1, 0.15) is 5.69 Å². The highest BCUT2D eigenvalue weighted by molar-refractivity contribution is 5.93. The average Bonchev–Trinajstić information content (AvgIpc) is 3.17. The maximum absolute atomic E-state index is 12.9. The highest BCUT2D eigenvalue weighted by Gasteiger charge is 2.28. The molecule has 1 saturated heterocycles. The molecule has 0 saturated carbocycles. The van der Waals surface area contributed by atoms with E-state index >= 15 is 0 Å². The molecule has 2 aromatic rings. The standard InChI is InChI=1S/C19H25N5O2.ClH/c20-10-9-18(25)21-13-15-8-4-5-11-24(15)19(26)17-12-16(22-23-17)14-6-2-1-3-7-14;/h1-3,6-7,12,15H,4-5,8-11,13,20H2,(H,21,25)(H,22,23);1H. The Hall–Kier alpha value is -2.38. The monoisotopic (exact) mass is 391 g/mol. The quantitative estimate of drug-likeness (QED) is 0.700. The molecule has 1 aromatic carbocycles. The molecule has 7 nitrogen and oxygen atoms in total. The Kier molecular flexibility index (Phi) is 7.82. The number of nitrogens with two attached hydrogens (primary N) is 1. The Morgan fingerprint density at radius 3 is 2.78 bits per heavy atom. The molecule has 2 heterocycles. The minimum absolute atomic E-state index is 0. The Morgan fingerprint density at radius 1 is 1.26 bits per heavy atom. The van der Waals surface area contributed by atoms with Crippen LogP contribution >= 0.6 is 12.4 Å². The summed E-state index contributed by atoms with van der Waals surface area (Å²) in [5, 5.41) is 10.0. The van der Waals surface area contributed by atoms with Gasteiger partial charge in [-0.3, -0.25) is 14.7 Å². The van der Waals surface area contributed by atoms with Crippen LogP contribution in [0, 0.1) is 0 Å². The van der Waals surface area contributed by atoms with Crippen LogP contribution in [0.25, 0.3) is 11.3 Å². The van der Waals surface area contributed by atoms with Crippen LogP contribution in [0.3, 0.4) is 0 Å². The molecule has 0 radical (unpaired) electrons. The molecule has 0 bridgehead atoms. The number of halogens is 1. The third kappa shape index (κ3) is 5.30. The fourth-order valence-electron chi connectivity index (χ4n) is 3.27. The second-order valence-electron chi connectivity index (χ2n) is 6.52. The second-order valence-corrected chi connectivity index (χ2v) is 6.52. The molecule has 4 N–H and O–H groups in total. The topological polar surface area (TPSA) is 104 Å². The predicted octanol–water partition coefficient (Wildman–Crippen LogP) is 1.96. The van der Waals surface area contributed by atoms with Gasteiger partial charge >= 0.3 is 0 Å². The summed E-state index contributed by atoms with van der Waals surface area (Å²) in [5.74, 6) is -0.143. The summed E-state index contributed by atoms with van der Waals surface area (Å²) in [6, 6.07) is 11.5. The molecular weight excluding hydrogens is 366 g/mol. The van der Waals surface area contributed by atoms with Crippen LogP contribution in [-0.4, -0.2) is 52.6 Å². The molecule has 0 aliphatic carbocycles. The molecule has 1 unspecified atom stereocenters. The van der Waals surface area contributed by atoms with Crippen LogP contribution in [0.4, 0.5) is 0 Å². The number of likely N-dealkylation sites (tertiary alicyclic amines) is 1. The third-order valence-electron chi connectivity index (χ3n) is 4.67. The zero-order valence-corrected chi connectivity index (χ0v) is 16.0. The summed E-state index contributed by atoms with van der Waals surface area (Å²) < 4.78 is 0. The highest BCUT2D eigenvalue weighted by Crippen LogP contribution is 2.21. The first-order valence-corrected chi connectivity index (χ1v) is 9.07. The van der Waals surface area contributed by atoms with Crippen LogP contribution in [0.5, 0.6) is 0 Å². The first kappa shape index (κ1) is 20.9. The second kappa shape index (κ2) is 10.1. The molecule has 1 fully saturated rings. The Balaban J connectivity index is 0.00000261. The van der Waals surface area contributed by atoms with Gasteiger partial charge in [0.25, 0.3) is 5.91 Å². The number of carbonyl (C=O) groups excluding carboxylic acids is 2. The van der Waals surface area contributed by atoms with Crippen molar-refractivity contribution in [1.29, 1.82) is 0 Å². The number of nitrogens with one attached hydrogen (secondary N) is 2. The van der Waals surface area contributed by atoms with Crippen molar-refractivity contribution in [3.8, 4) is 11.3 Å². The van der Waals surface area contributed by atoms with Gasteiger partial charge in [0.15, 0.2) is 0 Å². The lowest BCUT2D eigenvalue weighted by atomic mass is 10.0. The summed E-state index contributed by atoms with van der Waals surface area (Å²) in [6.45, 7) is 1.48. The number of hydrogen-bond acceptors (Lipinski definition) is 4. The van der Waals surface area contributed by atoms with E-state index in [-0.39, 0.29) is 30.3 Å². The lowest BCUT2D eigenvalue weighted by molar-refractivity contribution is -0.121. The number of carbonyl (C=O) groups is 2. The van der Waals surface area contributed by atoms with Gasteiger partial charge in [0.2, 0.25) is 5.91 Å². The zero-order valence-electron chi connectivity index (χ0n) is 15.2. The van der Waals surface area contributed by atoms with E-state index in [9.17, 15) is 9.59 Å². The Labute approximate surface area is 165 Å².